The van der Waals surface area contributed by atoms with Gasteiger partial charge in [0.1, 0.15) is 59.7 Å². The van der Waals surface area contributed by atoms with Crippen LogP contribution in [-0.2, 0) is 71.9 Å². The molecular formula is C61H85N11O15. The van der Waals surface area contributed by atoms with Gasteiger partial charge in [0.15, 0.2) is 0 Å². The molecule has 0 unspecified atom stereocenters. The lowest BCUT2D eigenvalue weighted by Gasteiger charge is -2.28. The van der Waals surface area contributed by atoms with Crippen molar-refractivity contribution in [3.63, 3.8) is 0 Å². The molecule has 0 aliphatic carbocycles. The number of phenols is 1. The normalized spacial score (nSPS) is 14.0. The fraction of sp³-hybridized carbons (Fsp3) is 0.492. The van der Waals surface area contributed by atoms with E-state index < -0.39 is 138 Å². The number of alkyl carbamates (subject to hydrolysis) is 1. The number of nitrogens with two attached hydrogens (primary N) is 2. The number of phenolic OH excluding ortho intramolecular Hbond substituents is 1. The summed E-state index contributed by atoms with van der Waals surface area (Å²) in [7, 11) is 0. The van der Waals surface area contributed by atoms with Crippen molar-refractivity contribution in [1.29, 1.82) is 0 Å². The molecular weight excluding hydrogens is 1130 g/mol. The molecule has 0 bridgehead atoms. The fourth-order valence-electron chi connectivity index (χ4n) is 9.27. The molecule has 0 fully saturated rings. The highest BCUT2D eigenvalue weighted by Gasteiger charge is 2.36. The minimum absolute atomic E-state index is 0.00243. The lowest BCUT2D eigenvalue weighted by molar-refractivity contribution is -0.141. The number of ether oxygens (including phenoxy) is 1. The Hall–Kier alpha value is -9.07. The summed E-state index contributed by atoms with van der Waals surface area (Å²) in [5.41, 5.74) is 12.9. The van der Waals surface area contributed by atoms with Crippen LogP contribution in [0.15, 0.2) is 85.1 Å². The molecule has 87 heavy (non-hydrogen) atoms. The van der Waals surface area contributed by atoms with Crippen LogP contribution in [0.25, 0.3) is 10.9 Å². The number of carbonyl (C=O) groups excluding carboxylic acids is 9. The molecule has 3 aromatic carbocycles. The molecule has 4 rings (SSSR count). The lowest BCUT2D eigenvalue weighted by Crippen LogP contribution is -2.61. The molecule has 1 aromatic heterocycles. The second-order valence-electron chi connectivity index (χ2n) is 22.3. The van der Waals surface area contributed by atoms with E-state index in [0.717, 1.165) is 0 Å². The van der Waals surface area contributed by atoms with Gasteiger partial charge in [-0.3, -0.25) is 47.9 Å². The van der Waals surface area contributed by atoms with Gasteiger partial charge in [-0.05, 0) is 101 Å². The van der Waals surface area contributed by atoms with Gasteiger partial charge in [0.2, 0.25) is 47.3 Å². The van der Waals surface area contributed by atoms with Crippen molar-refractivity contribution in [3.05, 3.63) is 102 Å². The first-order chi connectivity index (χ1) is 41.3. The quantitative estimate of drug-likeness (QED) is 0.0289. The molecule has 1 heterocycles. The predicted molar refractivity (Wildman–Crippen MR) is 321 cm³/mol. The van der Waals surface area contributed by atoms with Crippen LogP contribution in [-0.4, -0.2) is 146 Å². The minimum Gasteiger partial charge on any atom is -0.508 e. The average molecular weight is 1210 g/mol. The number of para-hydroxylation sites is 1. The number of amides is 9. The number of fused-ring (bicyclic) bond motifs is 1. The van der Waals surface area contributed by atoms with E-state index in [-0.39, 0.29) is 50.8 Å². The Morgan fingerprint density at radius 3 is 1.45 bits per heavy atom. The number of H-pyrrole nitrogens is 1. The standard InChI is InChI=1S/C61H85N11O15/c1-6-8-20-42(66-57(83)47(32-37-24-26-39(73)27-25-37)69-56(82)45(28-29-50(74)75)72-60(86)87-61(3,4)5)53(79)65-44(23-15-16-30-62)55(81)70-48(33-38-35-64-41-22-14-13-19-40(38)41)58(84)67-43(21-9-7-2)54(80)71-49(34-51(76)77)59(85)68-46(52(63)78)31-36-17-11-10-12-18-36/h10-14,17-19,22,24-27,35,42-49,64,73H,6-9,15-16,20-21,23,28-34,62H2,1-5H3,(H2,63,78)(H,65,79)(H,66,83)(H,67,84)(H,68,85)(H,69,82)(H,70,81)(H,71,80)(H,72,86)(H,74,75)(H,76,77)/t42-,43-,44+,45+,46-,47-,48-,49-/m0/s1. The van der Waals surface area contributed by atoms with E-state index in [1.165, 1.54) is 24.3 Å². The molecule has 26 heteroatoms. The van der Waals surface area contributed by atoms with Gasteiger partial charge in [-0.2, -0.15) is 0 Å². The zero-order chi connectivity index (χ0) is 64.2. The first-order valence-electron chi connectivity index (χ1n) is 29.2. The van der Waals surface area contributed by atoms with E-state index in [4.69, 9.17) is 16.2 Å². The summed E-state index contributed by atoms with van der Waals surface area (Å²) in [6.07, 6.45) is 0.923. The van der Waals surface area contributed by atoms with Crippen molar-refractivity contribution in [3.8, 4) is 5.75 Å². The van der Waals surface area contributed by atoms with Gasteiger partial charge in [-0.15, -0.1) is 0 Å². The van der Waals surface area contributed by atoms with Crippen LogP contribution >= 0.6 is 0 Å². The number of unbranched alkanes of at least 4 members (excludes halogenated alkanes) is 3. The van der Waals surface area contributed by atoms with Gasteiger partial charge in [0.05, 0.1) is 6.42 Å². The van der Waals surface area contributed by atoms with Crippen LogP contribution in [0.5, 0.6) is 5.75 Å². The molecule has 0 spiro atoms. The summed E-state index contributed by atoms with van der Waals surface area (Å²) in [6, 6.07) is 9.90. The van der Waals surface area contributed by atoms with Crippen molar-refractivity contribution in [2.75, 3.05) is 6.54 Å². The minimum atomic E-state index is -1.74. The number of nitrogens with one attached hydrogen (secondary N) is 9. The van der Waals surface area contributed by atoms with Crippen LogP contribution in [0.1, 0.15) is 128 Å². The Bertz CT molecular complexity index is 2970. The summed E-state index contributed by atoms with van der Waals surface area (Å²) in [6.45, 7) is 8.66. The number of aromatic nitrogens is 1. The van der Waals surface area contributed by atoms with Gasteiger partial charge in [-0.25, -0.2) is 4.79 Å². The van der Waals surface area contributed by atoms with E-state index in [1.807, 2.05) is 13.8 Å². The molecule has 16 N–H and O–H groups in total. The second-order valence-corrected chi connectivity index (χ2v) is 22.3. The SMILES string of the molecule is CCCC[C@H](NC(=O)[C@H](Cc1c[nH]c2ccccc12)NC(=O)[C@@H](CCCCN)NC(=O)[C@H](CCCC)NC(=O)[C@H](Cc1ccc(O)cc1)NC(=O)[C@@H](CCC(=O)O)NC(=O)OC(C)(C)C)C(=O)N[C@@H](CC(=O)O)C(=O)N[C@@H](Cc1ccccc1)C(N)=O. The summed E-state index contributed by atoms with van der Waals surface area (Å²) in [5.74, 6) is -10.1. The molecule has 0 aliphatic heterocycles. The van der Waals surface area contributed by atoms with Crippen molar-refractivity contribution in [2.45, 2.75) is 185 Å². The lowest BCUT2D eigenvalue weighted by atomic mass is 10.0. The number of aromatic amines is 1. The van der Waals surface area contributed by atoms with Crippen LogP contribution < -0.4 is 54.0 Å². The molecule has 474 valence electrons. The monoisotopic (exact) mass is 1210 g/mol. The highest BCUT2D eigenvalue weighted by atomic mass is 16.6. The Morgan fingerprint density at radius 2 is 0.943 bits per heavy atom. The first-order valence-corrected chi connectivity index (χ1v) is 29.2. The van der Waals surface area contributed by atoms with E-state index >= 15 is 0 Å². The van der Waals surface area contributed by atoms with E-state index in [2.05, 4.69) is 47.5 Å². The van der Waals surface area contributed by atoms with Gasteiger partial charge in [-0.1, -0.05) is 100 Å². The van der Waals surface area contributed by atoms with E-state index in [0.29, 0.717) is 66.1 Å². The summed E-state index contributed by atoms with van der Waals surface area (Å²) >= 11 is 0. The highest BCUT2D eigenvalue weighted by Crippen LogP contribution is 2.21. The molecule has 4 aromatic rings. The third-order valence-corrected chi connectivity index (χ3v) is 13.9. The number of carboxylic acid groups (broad SMARTS) is 2. The number of rotatable bonds is 37. The van der Waals surface area contributed by atoms with Crippen molar-refractivity contribution >= 4 is 76.2 Å². The zero-order valence-corrected chi connectivity index (χ0v) is 49.9. The number of aromatic hydroxyl groups is 1. The average Bonchev–Trinajstić information content (AvgIpc) is 3.09. The largest absolute Gasteiger partial charge is 0.508 e. The maximum Gasteiger partial charge on any atom is 0.408 e. The summed E-state index contributed by atoms with van der Waals surface area (Å²) < 4.78 is 5.31. The molecule has 9 amide bonds. The van der Waals surface area contributed by atoms with Gasteiger partial charge in [0, 0.05) is 42.8 Å². The Labute approximate surface area is 505 Å². The van der Waals surface area contributed by atoms with Crippen LogP contribution in [0.3, 0.4) is 0 Å². The van der Waals surface area contributed by atoms with Crippen LogP contribution in [0, 0.1) is 0 Å². The summed E-state index contributed by atoms with van der Waals surface area (Å²) in [4.78, 5) is 153. The smallest absolute Gasteiger partial charge is 0.408 e. The molecule has 0 radical (unpaired) electrons. The van der Waals surface area contributed by atoms with Crippen molar-refractivity contribution in [1.82, 2.24) is 47.5 Å². The summed E-state index contributed by atoms with van der Waals surface area (Å²) in [5, 5.41) is 50.8. The third kappa shape index (κ3) is 24.8. The Balaban J connectivity index is 1.66. The van der Waals surface area contributed by atoms with E-state index in [9.17, 15) is 68.1 Å². The van der Waals surface area contributed by atoms with Crippen molar-refractivity contribution in [2.24, 2.45) is 11.5 Å². The number of hydrogen-bond donors (Lipinski definition) is 14. The van der Waals surface area contributed by atoms with Crippen LogP contribution in [0.4, 0.5) is 4.79 Å². The predicted octanol–water partition coefficient (Wildman–Crippen LogP) is 2.52. The Morgan fingerprint density at radius 1 is 0.506 bits per heavy atom. The molecule has 0 aliphatic rings. The topological polar surface area (TPSA) is 422 Å². The van der Waals surface area contributed by atoms with Gasteiger partial charge < -0.3 is 79.0 Å². The maximum absolute atomic E-state index is 14.8. The number of benzene rings is 3. The number of hydrogen-bond acceptors (Lipinski definition) is 14. The highest BCUT2D eigenvalue weighted by molar-refractivity contribution is 5.99. The maximum atomic E-state index is 14.8. The first kappa shape index (κ1) is 70.4. The van der Waals surface area contributed by atoms with Gasteiger partial charge in [0.25, 0.3) is 0 Å². The molecule has 0 saturated carbocycles. The third-order valence-electron chi connectivity index (χ3n) is 13.9. The number of aliphatic carboxylic acids is 2. The zero-order valence-electron chi connectivity index (χ0n) is 49.9. The molecule has 8 atom stereocenters. The molecule has 0 saturated heterocycles. The van der Waals surface area contributed by atoms with Gasteiger partial charge >= 0.3 is 18.0 Å². The van der Waals surface area contributed by atoms with Crippen LogP contribution in [0.2, 0.25) is 0 Å². The number of primary amides is 1. The number of carbonyl (C=O) groups is 11. The Kier molecular flexibility index (Phi) is 28.7. The van der Waals surface area contributed by atoms with Crippen molar-refractivity contribution < 1.29 is 72.8 Å². The fourth-order valence-corrected chi connectivity index (χ4v) is 9.27. The molecule has 26 nitrogen and oxygen atoms in total. The van der Waals surface area contributed by atoms with E-state index in [1.54, 1.807) is 81.6 Å². The number of carboxylic acids is 2. The second kappa shape index (κ2) is 35.4.